The third-order valence-electron chi connectivity index (χ3n) is 5.66. The molecule has 148 valence electrons. The first-order chi connectivity index (χ1) is 13.3. The molecule has 0 spiro atoms. The van der Waals surface area contributed by atoms with Crippen LogP contribution in [0.2, 0.25) is 0 Å². The molecule has 0 bridgehead atoms. The largest absolute Gasteiger partial charge is 0.368 e. The lowest BCUT2D eigenvalue weighted by molar-refractivity contribution is -0.130. The Morgan fingerprint density at radius 1 is 1.14 bits per heavy atom. The Hall–Kier alpha value is -2.46. The summed E-state index contributed by atoms with van der Waals surface area (Å²) in [4.78, 5) is 25.6. The highest BCUT2D eigenvalue weighted by Crippen LogP contribution is 2.30. The molecule has 0 radical (unpaired) electrons. The van der Waals surface area contributed by atoms with Gasteiger partial charge < -0.3 is 10.1 Å². The summed E-state index contributed by atoms with van der Waals surface area (Å²) in [6.07, 6.45) is 0.378. The van der Waals surface area contributed by atoms with E-state index in [1.807, 2.05) is 37.3 Å². The van der Waals surface area contributed by atoms with Gasteiger partial charge in [-0.3, -0.25) is 9.59 Å². The lowest BCUT2D eigenvalue weighted by atomic mass is 9.86. The van der Waals surface area contributed by atoms with Gasteiger partial charge in [0.1, 0.15) is 12.1 Å². The van der Waals surface area contributed by atoms with Crippen LogP contribution in [0.5, 0.6) is 0 Å². The van der Waals surface area contributed by atoms with E-state index in [1.54, 1.807) is 6.92 Å². The van der Waals surface area contributed by atoms with Crippen molar-refractivity contribution in [3.63, 3.8) is 0 Å². The molecule has 1 unspecified atom stereocenters. The Labute approximate surface area is 167 Å². The van der Waals surface area contributed by atoms with Crippen LogP contribution in [-0.2, 0) is 14.3 Å². The van der Waals surface area contributed by atoms with Gasteiger partial charge >= 0.3 is 0 Å². The van der Waals surface area contributed by atoms with Gasteiger partial charge in [0, 0.05) is 0 Å². The molecule has 2 aromatic rings. The zero-order chi connectivity index (χ0) is 20.3. The highest BCUT2D eigenvalue weighted by Gasteiger charge is 2.46. The van der Waals surface area contributed by atoms with Crippen LogP contribution in [0, 0.1) is 5.92 Å². The molecule has 4 heteroatoms. The zero-order valence-corrected chi connectivity index (χ0v) is 17.1. The van der Waals surface area contributed by atoms with Crippen molar-refractivity contribution in [2.45, 2.75) is 51.7 Å². The summed E-state index contributed by atoms with van der Waals surface area (Å²) in [7, 11) is 0. The van der Waals surface area contributed by atoms with Crippen LogP contribution in [0.4, 0.5) is 0 Å². The summed E-state index contributed by atoms with van der Waals surface area (Å²) in [6.45, 7) is 7.86. The number of nitrogens with one attached hydrogen (secondary N) is 1. The van der Waals surface area contributed by atoms with Gasteiger partial charge in [-0.25, -0.2) is 0 Å². The fraction of sp³-hybridized carbons (Fsp3) is 0.417. The van der Waals surface area contributed by atoms with Gasteiger partial charge in [-0.05, 0) is 42.9 Å². The second kappa shape index (κ2) is 8.27. The molecule has 4 nitrogen and oxygen atoms in total. The van der Waals surface area contributed by atoms with Crippen molar-refractivity contribution in [1.29, 1.82) is 0 Å². The van der Waals surface area contributed by atoms with Gasteiger partial charge in [-0.1, -0.05) is 68.4 Å². The topological polar surface area (TPSA) is 55.4 Å². The van der Waals surface area contributed by atoms with Crippen molar-refractivity contribution in [2.75, 3.05) is 6.61 Å². The number of rotatable bonds is 6. The van der Waals surface area contributed by atoms with Crippen LogP contribution in [0.25, 0.3) is 11.1 Å². The Bertz CT molecular complexity index is 846. The molecule has 0 aromatic heterocycles. The van der Waals surface area contributed by atoms with Crippen molar-refractivity contribution >= 4 is 11.7 Å². The van der Waals surface area contributed by atoms with Gasteiger partial charge in [0.05, 0.1) is 12.0 Å². The third-order valence-corrected chi connectivity index (χ3v) is 5.66. The quantitative estimate of drug-likeness (QED) is 0.812. The number of carbonyl (C=O) groups excluding carboxylic acids is 2. The minimum absolute atomic E-state index is 0.0519. The van der Waals surface area contributed by atoms with Crippen LogP contribution in [0.15, 0.2) is 54.6 Å². The number of hydrogen-bond donors (Lipinski definition) is 1. The van der Waals surface area contributed by atoms with Gasteiger partial charge in [-0.2, -0.15) is 0 Å². The van der Waals surface area contributed by atoms with E-state index in [2.05, 4.69) is 43.4 Å². The first-order valence-corrected chi connectivity index (χ1v) is 9.93. The molecule has 1 saturated heterocycles. The number of hydrogen-bond acceptors (Lipinski definition) is 3. The average molecular weight is 380 g/mol. The fourth-order valence-corrected chi connectivity index (χ4v) is 3.69. The van der Waals surface area contributed by atoms with E-state index in [0.29, 0.717) is 12.3 Å². The predicted octanol–water partition coefficient (Wildman–Crippen LogP) is 4.35. The Morgan fingerprint density at radius 3 is 2.43 bits per heavy atom. The molecule has 3 rings (SSSR count). The van der Waals surface area contributed by atoms with Crippen LogP contribution in [-0.4, -0.2) is 29.9 Å². The third kappa shape index (κ3) is 4.17. The Morgan fingerprint density at radius 2 is 1.82 bits per heavy atom. The molecular formula is C24H29NO3. The number of ketones is 1. The lowest BCUT2D eigenvalue weighted by Gasteiger charge is -2.30. The molecule has 28 heavy (non-hydrogen) atoms. The Kier molecular flexibility index (Phi) is 5.99. The van der Waals surface area contributed by atoms with E-state index in [-0.39, 0.29) is 30.3 Å². The minimum Gasteiger partial charge on any atom is -0.368 e. The Balaban J connectivity index is 1.90. The van der Waals surface area contributed by atoms with Gasteiger partial charge in [0.15, 0.2) is 5.78 Å². The summed E-state index contributed by atoms with van der Waals surface area (Å²) in [6, 6.07) is 18.3. The molecular weight excluding hydrogens is 350 g/mol. The highest BCUT2D eigenvalue weighted by atomic mass is 16.5. The maximum atomic E-state index is 13.3. The van der Waals surface area contributed by atoms with E-state index in [9.17, 15) is 9.59 Å². The monoisotopic (exact) mass is 379 g/mol. The van der Waals surface area contributed by atoms with Crippen LogP contribution in [0.1, 0.15) is 45.6 Å². The smallest absolute Gasteiger partial charge is 0.228 e. The predicted molar refractivity (Wildman–Crippen MR) is 111 cm³/mol. The molecule has 1 aliphatic rings. The zero-order valence-electron chi connectivity index (χ0n) is 17.1. The first kappa shape index (κ1) is 20.3. The summed E-state index contributed by atoms with van der Waals surface area (Å²) in [5.74, 6) is -0.167. The lowest BCUT2D eigenvalue weighted by Crippen LogP contribution is -2.56. The highest BCUT2D eigenvalue weighted by molar-refractivity contribution is 5.97. The molecule has 2 aromatic carbocycles. The number of benzene rings is 2. The van der Waals surface area contributed by atoms with Crippen LogP contribution >= 0.6 is 0 Å². The van der Waals surface area contributed by atoms with E-state index in [0.717, 1.165) is 16.7 Å². The second-order valence-corrected chi connectivity index (χ2v) is 8.24. The summed E-state index contributed by atoms with van der Waals surface area (Å²) in [5.41, 5.74) is 2.20. The second-order valence-electron chi connectivity index (χ2n) is 8.24. The van der Waals surface area contributed by atoms with Crippen molar-refractivity contribution in [3.05, 3.63) is 60.2 Å². The minimum atomic E-state index is -0.969. The van der Waals surface area contributed by atoms with Crippen molar-refractivity contribution in [1.82, 2.24) is 5.32 Å². The first-order valence-electron chi connectivity index (χ1n) is 9.93. The summed E-state index contributed by atoms with van der Waals surface area (Å²) >= 11 is 0. The van der Waals surface area contributed by atoms with E-state index < -0.39 is 5.54 Å². The standard InChI is InChI=1S/C24H29NO3/c1-16(2)13-21(23(27)25-24(4)17(3)28-15-22(24)26)20-12-8-11-19(14-20)18-9-6-5-7-10-18/h5-12,14,16-17,21H,13,15H2,1-4H3,(H,25,27)/t17?,21-,24-/m1/s1. The van der Waals surface area contributed by atoms with Crippen LogP contribution in [0.3, 0.4) is 0 Å². The van der Waals surface area contributed by atoms with Gasteiger partial charge in [0.2, 0.25) is 5.91 Å². The van der Waals surface area contributed by atoms with E-state index in [1.165, 1.54) is 0 Å². The summed E-state index contributed by atoms with van der Waals surface area (Å²) in [5, 5.41) is 3.00. The van der Waals surface area contributed by atoms with E-state index >= 15 is 0 Å². The molecule has 0 aliphatic carbocycles. The molecule has 3 atom stereocenters. The number of Topliss-reactive ketones (excluding diaryl/α,β-unsaturated/α-hetero) is 1. The summed E-state index contributed by atoms with van der Waals surface area (Å²) < 4.78 is 5.46. The fourth-order valence-electron chi connectivity index (χ4n) is 3.69. The molecule has 1 aliphatic heterocycles. The number of carbonyl (C=O) groups is 2. The van der Waals surface area contributed by atoms with Crippen molar-refractivity contribution in [2.24, 2.45) is 5.92 Å². The molecule has 1 fully saturated rings. The number of ether oxygens (including phenoxy) is 1. The molecule has 1 amide bonds. The molecule has 0 saturated carbocycles. The maximum absolute atomic E-state index is 13.3. The van der Waals surface area contributed by atoms with Crippen LogP contribution < -0.4 is 5.32 Å². The maximum Gasteiger partial charge on any atom is 0.228 e. The normalized spacial score (nSPS) is 23.0. The average Bonchev–Trinajstić information content (AvgIpc) is 2.93. The SMILES string of the molecule is CC(C)C[C@@H](C(=O)N[C@@]1(C)C(=O)COC1C)c1cccc(-c2ccccc2)c1. The van der Waals surface area contributed by atoms with Crippen molar-refractivity contribution in [3.8, 4) is 11.1 Å². The number of amides is 1. The molecule has 1 heterocycles. The van der Waals surface area contributed by atoms with E-state index in [4.69, 9.17) is 4.74 Å². The van der Waals surface area contributed by atoms with Gasteiger partial charge in [-0.15, -0.1) is 0 Å². The molecule has 1 N–H and O–H groups in total. The van der Waals surface area contributed by atoms with Crippen molar-refractivity contribution < 1.29 is 14.3 Å². The van der Waals surface area contributed by atoms with Gasteiger partial charge in [0.25, 0.3) is 0 Å².